The van der Waals surface area contributed by atoms with Crippen LogP contribution in [-0.2, 0) is 4.79 Å². The third-order valence-electron chi connectivity index (χ3n) is 5.14. The van der Waals surface area contributed by atoms with Crippen LogP contribution in [0.25, 0.3) is 0 Å². The first-order chi connectivity index (χ1) is 9.13. The topological polar surface area (TPSA) is 40.5 Å². The Morgan fingerprint density at radius 1 is 1.16 bits per heavy atom. The summed E-state index contributed by atoms with van der Waals surface area (Å²) in [4.78, 5) is 14.5. The van der Waals surface area contributed by atoms with Crippen molar-refractivity contribution in [3.05, 3.63) is 0 Å². The van der Waals surface area contributed by atoms with Gasteiger partial charge in [-0.05, 0) is 44.9 Å². The summed E-state index contributed by atoms with van der Waals surface area (Å²) in [7, 11) is 0. The van der Waals surface area contributed by atoms with E-state index in [4.69, 9.17) is 5.11 Å². The van der Waals surface area contributed by atoms with Gasteiger partial charge in [-0.2, -0.15) is 0 Å². The molecule has 0 aromatic heterocycles. The molecule has 1 amide bonds. The summed E-state index contributed by atoms with van der Waals surface area (Å²) >= 11 is 0. The summed E-state index contributed by atoms with van der Waals surface area (Å²) in [6.45, 7) is 4.64. The molecule has 0 aliphatic heterocycles. The van der Waals surface area contributed by atoms with Crippen molar-refractivity contribution in [2.24, 2.45) is 17.8 Å². The molecule has 0 aromatic rings. The molecule has 0 spiro atoms. The van der Waals surface area contributed by atoms with Crippen molar-refractivity contribution in [3.63, 3.8) is 0 Å². The van der Waals surface area contributed by atoms with E-state index in [0.29, 0.717) is 6.54 Å². The van der Waals surface area contributed by atoms with E-state index in [1.807, 2.05) is 18.7 Å². The van der Waals surface area contributed by atoms with Crippen molar-refractivity contribution in [1.82, 2.24) is 4.90 Å². The lowest BCUT2D eigenvalue weighted by molar-refractivity contribution is -0.140. The van der Waals surface area contributed by atoms with Gasteiger partial charge in [-0.15, -0.1) is 0 Å². The fourth-order valence-corrected chi connectivity index (χ4v) is 4.06. The van der Waals surface area contributed by atoms with Gasteiger partial charge >= 0.3 is 0 Å². The first kappa shape index (κ1) is 14.8. The fourth-order valence-electron chi connectivity index (χ4n) is 4.06. The number of aliphatic hydroxyl groups is 1. The van der Waals surface area contributed by atoms with E-state index in [1.165, 1.54) is 32.1 Å². The number of amides is 1. The summed E-state index contributed by atoms with van der Waals surface area (Å²) < 4.78 is 0. The highest BCUT2D eigenvalue weighted by Gasteiger charge is 2.36. The van der Waals surface area contributed by atoms with Gasteiger partial charge in [0.05, 0.1) is 6.61 Å². The van der Waals surface area contributed by atoms with E-state index >= 15 is 0 Å². The zero-order valence-electron chi connectivity index (χ0n) is 12.5. The van der Waals surface area contributed by atoms with Crippen molar-refractivity contribution < 1.29 is 9.90 Å². The minimum absolute atomic E-state index is 0.0721. The van der Waals surface area contributed by atoms with Crippen LogP contribution in [0, 0.1) is 17.8 Å². The van der Waals surface area contributed by atoms with Crippen molar-refractivity contribution in [3.8, 4) is 0 Å². The van der Waals surface area contributed by atoms with Crippen molar-refractivity contribution >= 4 is 5.91 Å². The highest BCUT2D eigenvalue weighted by atomic mass is 16.3. The Hall–Kier alpha value is -0.570. The molecule has 2 aliphatic carbocycles. The molecular formula is C16H29NO2. The van der Waals surface area contributed by atoms with Gasteiger partial charge in [-0.3, -0.25) is 4.79 Å². The zero-order chi connectivity index (χ0) is 13.8. The first-order valence-electron chi connectivity index (χ1n) is 8.04. The van der Waals surface area contributed by atoms with Crippen LogP contribution in [0.2, 0.25) is 0 Å². The van der Waals surface area contributed by atoms with Crippen LogP contribution in [0.1, 0.15) is 58.8 Å². The Morgan fingerprint density at radius 2 is 1.84 bits per heavy atom. The molecule has 2 rings (SSSR count). The minimum atomic E-state index is 0.0721. The Morgan fingerprint density at radius 3 is 2.47 bits per heavy atom. The van der Waals surface area contributed by atoms with Gasteiger partial charge in [-0.25, -0.2) is 0 Å². The Bertz CT molecular complexity index is 303. The van der Waals surface area contributed by atoms with Gasteiger partial charge in [0.1, 0.15) is 0 Å². The van der Waals surface area contributed by atoms with Gasteiger partial charge in [-0.1, -0.05) is 25.7 Å². The number of hydrogen-bond acceptors (Lipinski definition) is 2. The molecule has 3 heteroatoms. The second-order valence-corrected chi connectivity index (χ2v) is 6.66. The summed E-state index contributed by atoms with van der Waals surface area (Å²) in [6, 6.07) is 0.198. The predicted molar refractivity (Wildman–Crippen MR) is 76.7 cm³/mol. The number of carbonyl (C=O) groups excluding carboxylic acids is 1. The second kappa shape index (κ2) is 6.74. The average Bonchev–Trinajstić information content (AvgIpc) is 2.43. The quantitative estimate of drug-likeness (QED) is 0.851. The molecule has 2 saturated carbocycles. The lowest BCUT2D eigenvalue weighted by atomic mass is 9.67. The average molecular weight is 267 g/mol. The Labute approximate surface area is 117 Å². The van der Waals surface area contributed by atoms with Gasteiger partial charge in [0.25, 0.3) is 0 Å². The second-order valence-electron chi connectivity index (χ2n) is 6.66. The maximum atomic E-state index is 12.6. The molecule has 1 N–H and O–H groups in total. The molecule has 110 valence electrons. The molecule has 0 bridgehead atoms. The first-order valence-corrected chi connectivity index (χ1v) is 8.04. The number of carbonyl (C=O) groups is 1. The van der Waals surface area contributed by atoms with Crippen LogP contribution < -0.4 is 0 Å². The fraction of sp³-hybridized carbons (Fsp3) is 0.938. The monoisotopic (exact) mass is 267 g/mol. The smallest absolute Gasteiger partial charge is 0.225 e. The van der Waals surface area contributed by atoms with E-state index in [2.05, 4.69) is 0 Å². The van der Waals surface area contributed by atoms with Gasteiger partial charge < -0.3 is 10.0 Å². The molecule has 0 heterocycles. The van der Waals surface area contributed by atoms with Crippen molar-refractivity contribution in [2.45, 2.75) is 64.8 Å². The molecule has 0 aromatic carbocycles. The molecule has 3 unspecified atom stereocenters. The predicted octanol–water partition coefficient (Wildman–Crippen LogP) is 2.82. The summed E-state index contributed by atoms with van der Waals surface area (Å²) in [5, 5.41) is 9.13. The Kier molecular flexibility index (Phi) is 5.26. The van der Waals surface area contributed by atoms with E-state index in [0.717, 1.165) is 24.7 Å². The van der Waals surface area contributed by atoms with E-state index in [-0.39, 0.29) is 24.5 Å². The van der Waals surface area contributed by atoms with Gasteiger partial charge in [0.15, 0.2) is 0 Å². The van der Waals surface area contributed by atoms with Crippen LogP contribution in [-0.4, -0.2) is 35.1 Å². The zero-order valence-corrected chi connectivity index (χ0v) is 12.5. The summed E-state index contributed by atoms with van der Waals surface area (Å²) in [6.07, 6.45) is 8.86. The number of nitrogens with zero attached hydrogens (tertiary/aromatic N) is 1. The van der Waals surface area contributed by atoms with Crippen LogP contribution >= 0.6 is 0 Å². The number of fused-ring (bicyclic) bond motifs is 1. The third kappa shape index (κ3) is 3.50. The molecule has 3 atom stereocenters. The highest BCUT2D eigenvalue weighted by Crippen LogP contribution is 2.43. The standard InChI is InChI=1S/C16H29NO2/c1-12(2)17(9-10-18)16(19)15-8-7-13-5-3-4-6-14(13)11-15/h12-15,18H,3-11H2,1-2H3. The number of aliphatic hydroxyl groups excluding tert-OH is 1. The largest absolute Gasteiger partial charge is 0.395 e. The van der Waals surface area contributed by atoms with Gasteiger partial charge in [0.2, 0.25) is 5.91 Å². The van der Waals surface area contributed by atoms with Crippen molar-refractivity contribution in [2.75, 3.05) is 13.2 Å². The van der Waals surface area contributed by atoms with Crippen LogP contribution in [0.15, 0.2) is 0 Å². The Balaban J connectivity index is 1.95. The molecule has 2 aliphatic rings. The maximum Gasteiger partial charge on any atom is 0.225 e. The lowest BCUT2D eigenvalue weighted by Crippen LogP contribution is -2.44. The normalized spacial score (nSPS) is 31.1. The lowest BCUT2D eigenvalue weighted by Gasteiger charge is -2.40. The van der Waals surface area contributed by atoms with E-state index in [1.54, 1.807) is 0 Å². The van der Waals surface area contributed by atoms with Crippen LogP contribution in [0.5, 0.6) is 0 Å². The van der Waals surface area contributed by atoms with Crippen LogP contribution in [0.4, 0.5) is 0 Å². The van der Waals surface area contributed by atoms with Crippen LogP contribution in [0.3, 0.4) is 0 Å². The van der Waals surface area contributed by atoms with E-state index in [9.17, 15) is 4.79 Å². The molecule has 0 radical (unpaired) electrons. The summed E-state index contributed by atoms with van der Waals surface area (Å²) in [5.41, 5.74) is 0. The third-order valence-corrected chi connectivity index (χ3v) is 5.14. The molecule has 3 nitrogen and oxygen atoms in total. The van der Waals surface area contributed by atoms with Crippen molar-refractivity contribution in [1.29, 1.82) is 0 Å². The minimum Gasteiger partial charge on any atom is -0.395 e. The highest BCUT2D eigenvalue weighted by molar-refractivity contribution is 5.79. The molecule has 0 saturated heterocycles. The molecule has 19 heavy (non-hydrogen) atoms. The maximum absolute atomic E-state index is 12.6. The van der Waals surface area contributed by atoms with Gasteiger partial charge in [0, 0.05) is 18.5 Å². The molecule has 2 fully saturated rings. The SMILES string of the molecule is CC(C)N(CCO)C(=O)C1CCC2CCCCC2C1. The summed E-state index contributed by atoms with van der Waals surface area (Å²) in [5.74, 6) is 2.18. The molecular weight excluding hydrogens is 238 g/mol. The number of rotatable bonds is 4. The van der Waals surface area contributed by atoms with E-state index < -0.39 is 0 Å². The number of hydrogen-bond donors (Lipinski definition) is 1.